The molecule has 0 radical (unpaired) electrons. The van der Waals surface area contributed by atoms with E-state index in [1.165, 1.54) is 0 Å². The summed E-state index contributed by atoms with van der Waals surface area (Å²) in [6, 6.07) is 5.26. The maximum atomic E-state index is 11.6. The minimum Gasteiger partial charge on any atom is -0.304 e. The number of hydrogen-bond acceptors (Lipinski definition) is 4. The van der Waals surface area contributed by atoms with Gasteiger partial charge in [-0.05, 0) is 12.1 Å². The van der Waals surface area contributed by atoms with Gasteiger partial charge in [-0.25, -0.2) is 9.97 Å². The maximum Gasteiger partial charge on any atom is 0.296 e. The van der Waals surface area contributed by atoms with E-state index in [0.717, 1.165) is 0 Å². The number of pyridine rings is 1. The molecule has 82 valence electrons. The molecule has 0 atom stereocenters. The van der Waals surface area contributed by atoms with Crippen molar-refractivity contribution < 1.29 is 4.79 Å². The highest BCUT2D eigenvalue weighted by molar-refractivity contribution is 6.00. The number of anilines is 1. The fraction of sp³-hybridized carbons (Fsp3) is 0.200. The molecule has 6 nitrogen and oxygen atoms in total. The van der Waals surface area contributed by atoms with Crippen LogP contribution in [-0.4, -0.2) is 26.1 Å². The van der Waals surface area contributed by atoms with Crippen molar-refractivity contribution in [2.45, 2.75) is 13.3 Å². The Labute approximate surface area is 92.1 Å². The van der Waals surface area contributed by atoms with Gasteiger partial charge >= 0.3 is 0 Å². The first-order chi connectivity index (χ1) is 7.79. The number of carbonyl (C=O) groups excluding carboxylic acids is 1. The van der Waals surface area contributed by atoms with Crippen LogP contribution in [0.15, 0.2) is 24.4 Å². The molecule has 2 heterocycles. The molecule has 0 spiro atoms. The molecule has 0 unspecified atom stereocenters. The summed E-state index contributed by atoms with van der Waals surface area (Å²) in [7, 11) is 0. The Hall–Kier alpha value is -2.24. The predicted octanol–water partition coefficient (Wildman–Crippen LogP) is 1.01. The van der Waals surface area contributed by atoms with Gasteiger partial charge in [-0.3, -0.25) is 9.89 Å². The fourth-order valence-electron chi connectivity index (χ4n) is 1.16. The molecule has 2 N–H and O–H groups in total. The maximum absolute atomic E-state index is 11.6. The summed E-state index contributed by atoms with van der Waals surface area (Å²) < 4.78 is 0. The van der Waals surface area contributed by atoms with Crippen molar-refractivity contribution in [2.75, 3.05) is 5.32 Å². The monoisotopic (exact) mass is 217 g/mol. The van der Waals surface area contributed by atoms with Gasteiger partial charge in [0.2, 0.25) is 5.82 Å². The van der Waals surface area contributed by atoms with Crippen molar-refractivity contribution >= 4 is 11.7 Å². The number of rotatable bonds is 3. The van der Waals surface area contributed by atoms with Gasteiger partial charge in [0.1, 0.15) is 11.6 Å². The second-order valence-electron chi connectivity index (χ2n) is 3.13. The Kier molecular flexibility index (Phi) is 2.90. The molecule has 0 fully saturated rings. The van der Waals surface area contributed by atoms with E-state index < -0.39 is 0 Å². The molecule has 6 heteroatoms. The normalized spacial score (nSPS) is 10.1. The molecule has 0 bridgehead atoms. The first-order valence-corrected chi connectivity index (χ1v) is 4.93. The highest BCUT2D eigenvalue weighted by atomic mass is 16.2. The van der Waals surface area contributed by atoms with Gasteiger partial charge in [0, 0.05) is 12.6 Å². The predicted molar refractivity (Wildman–Crippen MR) is 58.0 cm³/mol. The third-order valence-electron chi connectivity index (χ3n) is 1.98. The van der Waals surface area contributed by atoms with Gasteiger partial charge < -0.3 is 5.32 Å². The Morgan fingerprint density at radius 2 is 2.38 bits per heavy atom. The van der Waals surface area contributed by atoms with Crippen LogP contribution >= 0.6 is 0 Å². The Bertz CT molecular complexity index is 479. The van der Waals surface area contributed by atoms with Crippen LogP contribution < -0.4 is 5.32 Å². The zero-order valence-electron chi connectivity index (χ0n) is 8.77. The standard InChI is InChI=1S/C10H11N5O/c1-2-7-12-9(15-14-7)10(16)13-8-5-3-4-6-11-8/h3-6H,2H2,1H3,(H,11,13,16)(H,12,14,15). The van der Waals surface area contributed by atoms with Crippen LogP contribution in [-0.2, 0) is 6.42 Å². The van der Waals surface area contributed by atoms with Gasteiger partial charge in [0.25, 0.3) is 5.91 Å². The lowest BCUT2D eigenvalue weighted by Crippen LogP contribution is -2.14. The molecular weight excluding hydrogens is 206 g/mol. The number of nitrogens with zero attached hydrogens (tertiary/aromatic N) is 3. The third kappa shape index (κ3) is 2.22. The summed E-state index contributed by atoms with van der Waals surface area (Å²) in [4.78, 5) is 19.6. The summed E-state index contributed by atoms with van der Waals surface area (Å²) in [5.41, 5.74) is 0. The minimum absolute atomic E-state index is 0.127. The van der Waals surface area contributed by atoms with Crippen LogP contribution in [0.25, 0.3) is 0 Å². The van der Waals surface area contributed by atoms with Crippen LogP contribution in [0, 0.1) is 0 Å². The third-order valence-corrected chi connectivity index (χ3v) is 1.98. The number of aromatic amines is 1. The summed E-state index contributed by atoms with van der Waals surface area (Å²) in [5.74, 6) is 0.929. The van der Waals surface area contributed by atoms with Crippen molar-refractivity contribution in [1.82, 2.24) is 20.2 Å². The molecule has 2 aromatic heterocycles. The summed E-state index contributed by atoms with van der Waals surface area (Å²) in [5, 5.41) is 9.09. The van der Waals surface area contributed by atoms with E-state index in [4.69, 9.17) is 0 Å². The molecule has 1 amide bonds. The molecule has 0 saturated heterocycles. The van der Waals surface area contributed by atoms with Crippen LogP contribution in [0.1, 0.15) is 23.4 Å². The topological polar surface area (TPSA) is 83.6 Å². The first kappa shape index (κ1) is 10.3. The molecule has 2 aromatic rings. The average molecular weight is 217 g/mol. The van der Waals surface area contributed by atoms with Crippen molar-refractivity contribution in [2.24, 2.45) is 0 Å². The lowest BCUT2D eigenvalue weighted by molar-refractivity contribution is 0.101. The number of carbonyl (C=O) groups is 1. The molecule has 2 rings (SSSR count). The largest absolute Gasteiger partial charge is 0.304 e. The van der Waals surface area contributed by atoms with E-state index in [-0.39, 0.29) is 11.7 Å². The average Bonchev–Trinajstić information content (AvgIpc) is 2.79. The number of aryl methyl sites for hydroxylation is 1. The SMILES string of the molecule is CCc1nc(C(=O)Nc2ccccn2)n[nH]1. The number of amides is 1. The molecule has 0 aliphatic heterocycles. The second kappa shape index (κ2) is 4.52. The van der Waals surface area contributed by atoms with Crippen LogP contribution in [0.2, 0.25) is 0 Å². The molecule has 0 aromatic carbocycles. The number of hydrogen-bond donors (Lipinski definition) is 2. The summed E-state index contributed by atoms with van der Waals surface area (Å²) in [6.45, 7) is 1.93. The van der Waals surface area contributed by atoms with Crippen molar-refractivity contribution in [3.63, 3.8) is 0 Å². The molecule has 0 saturated carbocycles. The van der Waals surface area contributed by atoms with E-state index in [1.807, 2.05) is 6.92 Å². The van der Waals surface area contributed by atoms with Crippen molar-refractivity contribution in [1.29, 1.82) is 0 Å². The molecular formula is C10H11N5O. The van der Waals surface area contributed by atoms with Gasteiger partial charge in [0.05, 0.1) is 0 Å². The first-order valence-electron chi connectivity index (χ1n) is 4.93. The number of aromatic nitrogens is 4. The van der Waals surface area contributed by atoms with E-state index >= 15 is 0 Å². The molecule has 16 heavy (non-hydrogen) atoms. The number of nitrogens with one attached hydrogen (secondary N) is 2. The highest BCUT2D eigenvalue weighted by Gasteiger charge is 2.11. The highest BCUT2D eigenvalue weighted by Crippen LogP contribution is 2.02. The molecule has 0 aliphatic carbocycles. The smallest absolute Gasteiger partial charge is 0.296 e. The zero-order chi connectivity index (χ0) is 11.4. The minimum atomic E-state index is -0.366. The Morgan fingerprint density at radius 3 is 3.00 bits per heavy atom. The Balaban J connectivity index is 2.09. The fourth-order valence-corrected chi connectivity index (χ4v) is 1.16. The van der Waals surface area contributed by atoms with Gasteiger partial charge in [-0.15, -0.1) is 5.10 Å². The van der Waals surface area contributed by atoms with E-state index in [0.29, 0.717) is 18.1 Å². The van der Waals surface area contributed by atoms with Crippen LogP contribution in [0.3, 0.4) is 0 Å². The molecule has 0 aliphatic rings. The van der Waals surface area contributed by atoms with Crippen molar-refractivity contribution in [3.05, 3.63) is 36.0 Å². The number of H-pyrrole nitrogens is 1. The van der Waals surface area contributed by atoms with E-state index in [9.17, 15) is 4.79 Å². The van der Waals surface area contributed by atoms with E-state index in [1.54, 1.807) is 24.4 Å². The quantitative estimate of drug-likeness (QED) is 0.803. The lowest BCUT2D eigenvalue weighted by Gasteiger charge is -1.99. The van der Waals surface area contributed by atoms with Gasteiger partial charge in [-0.1, -0.05) is 13.0 Å². The zero-order valence-corrected chi connectivity index (χ0v) is 8.77. The summed E-state index contributed by atoms with van der Waals surface area (Å²) >= 11 is 0. The van der Waals surface area contributed by atoms with Crippen molar-refractivity contribution in [3.8, 4) is 0 Å². The van der Waals surface area contributed by atoms with Gasteiger partial charge in [0.15, 0.2) is 0 Å². The summed E-state index contributed by atoms with van der Waals surface area (Å²) in [6.07, 6.45) is 2.31. The van der Waals surface area contributed by atoms with Crippen LogP contribution in [0.5, 0.6) is 0 Å². The van der Waals surface area contributed by atoms with Crippen LogP contribution in [0.4, 0.5) is 5.82 Å². The van der Waals surface area contributed by atoms with E-state index in [2.05, 4.69) is 25.5 Å². The second-order valence-corrected chi connectivity index (χ2v) is 3.13. The lowest BCUT2D eigenvalue weighted by atomic mass is 10.4. The van der Waals surface area contributed by atoms with Gasteiger partial charge in [-0.2, -0.15) is 0 Å². The Morgan fingerprint density at radius 1 is 1.50 bits per heavy atom.